The van der Waals surface area contributed by atoms with Gasteiger partial charge in [0.25, 0.3) is 0 Å². The average Bonchev–Trinajstić information content (AvgIpc) is 3.25. The summed E-state index contributed by atoms with van der Waals surface area (Å²) in [7, 11) is 0. The summed E-state index contributed by atoms with van der Waals surface area (Å²) >= 11 is 0. The zero-order valence-corrected chi connectivity index (χ0v) is 39.7. The van der Waals surface area contributed by atoms with Gasteiger partial charge in [-0.1, -0.05) is 204 Å². The summed E-state index contributed by atoms with van der Waals surface area (Å²) < 4.78 is 5.43. The van der Waals surface area contributed by atoms with Gasteiger partial charge in [-0.25, -0.2) is 0 Å². The van der Waals surface area contributed by atoms with Crippen LogP contribution in [0.25, 0.3) is 0 Å². The van der Waals surface area contributed by atoms with Gasteiger partial charge in [0.1, 0.15) is 0 Å². The molecule has 0 aromatic rings. The third kappa shape index (κ3) is 45.3. The van der Waals surface area contributed by atoms with Crippen molar-refractivity contribution >= 4 is 11.9 Å². The maximum absolute atomic E-state index is 12.4. The topological polar surface area (TPSA) is 95.9 Å². The van der Waals surface area contributed by atoms with E-state index in [4.69, 9.17) is 4.74 Å². The Balaban J connectivity index is 3.51. The highest BCUT2D eigenvalue weighted by atomic mass is 16.5. The molecule has 60 heavy (non-hydrogen) atoms. The predicted octanol–water partition coefficient (Wildman–Crippen LogP) is 15.5. The number of unbranched alkanes of at least 4 members (excludes halogenated alkanes) is 31. The second kappa shape index (κ2) is 49.5. The van der Waals surface area contributed by atoms with Crippen LogP contribution in [-0.2, 0) is 14.3 Å². The van der Waals surface area contributed by atoms with Crippen LogP contribution in [0, 0.1) is 0 Å². The van der Waals surface area contributed by atoms with Crippen molar-refractivity contribution in [1.29, 1.82) is 0 Å². The van der Waals surface area contributed by atoms with Gasteiger partial charge in [-0.05, 0) is 89.9 Å². The molecule has 0 heterocycles. The Hall–Kier alpha value is -2.18. The van der Waals surface area contributed by atoms with Crippen LogP contribution in [0.15, 0.2) is 48.6 Å². The minimum Gasteiger partial charge on any atom is -0.466 e. The summed E-state index contributed by atoms with van der Waals surface area (Å²) in [5.41, 5.74) is 0. The molecule has 350 valence electrons. The number of hydrogen-bond acceptors (Lipinski definition) is 5. The van der Waals surface area contributed by atoms with Crippen LogP contribution in [0.4, 0.5) is 0 Å². The van der Waals surface area contributed by atoms with E-state index in [0.29, 0.717) is 19.4 Å². The van der Waals surface area contributed by atoms with Crippen molar-refractivity contribution in [2.24, 2.45) is 0 Å². The maximum atomic E-state index is 12.4. The fourth-order valence-electron chi connectivity index (χ4n) is 7.56. The van der Waals surface area contributed by atoms with Crippen LogP contribution in [0.3, 0.4) is 0 Å². The standard InChI is InChI=1S/C54H99NO5/c1-3-5-7-9-11-13-15-23-28-32-36-40-44-48-54(59)60-49-45-41-37-33-29-25-22-20-18-16-17-19-21-24-27-31-35-39-43-47-53(58)55-51(50-56)52(57)46-42-38-34-30-26-14-12-10-8-6-4-2/h13,15,20,22,25,29,42,46,51-52,56-57H,3-12,14,16-19,21,23-24,26-28,30-41,43-45,47-50H2,1-2H3,(H,55,58)/b15-13-,22-20-,29-25-,46-42+. The lowest BCUT2D eigenvalue weighted by molar-refractivity contribution is -0.143. The summed E-state index contributed by atoms with van der Waals surface area (Å²) in [6.45, 7) is 4.82. The zero-order valence-electron chi connectivity index (χ0n) is 39.7. The van der Waals surface area contributed by atoms with E-state index in [1.165, 1.54) is 154 Å². The molecule has 1 amide bonds. The van der Waals surface area contributed by atoms with Gasteiger partial charge in [-0.3, -0.25) is 9.59 Å². The van der Waals surface area contributed by atoms with E-state index >= 15 is 0 Å². The van der Waals surface area contributed by atoms with Crippen molar-refractivity contribution in [2.45, 2.75) is 270 Å². The fraction of sp³-hybridized carbons (Fsp3) is 0.815. The van der Waals surface area contributed by atoms with Gasteiger partial charge in [0.2, 0.25) is 5.91 Å². The zero-order chi connectivity index (χ0) is 43.7. The quantitative estimate of drug-likeness (QED) is 0.0245. The first kappa shape index (κ1) is 57.8. The van der Waals surface area contributed by atoms with Gasteiger partial charge >= 0.3 is 5.97 Å². The van der Waals surface area contributed by atoms with Crippen LogP contribution in [0.5, 0.6) is 0 Å². The van der Waals surface area contributed by atoms with Crippen LogP contribution in [-0.4, -0.2) is 47.4 Å². The number of aliphatic hydroxyl groups is 2. The van der Waals surface area contributed by atoms with Gasteiger partial charge in [-0.15, -0.1) is 0 Å². The molecule has 0 fully saturated rings. The number of carbonyl (C=O) groups is 2. The molecule has 0 aromatic heterocycles. The molecule has 0 saturated carbocycles. The summed E-state index contributed by atoms with van der Waals surface area (Å²) in [6, 6.07) is -0.635. The second-order valence-corrected chi connectivity index (χ2v) is 17.5. The molecule has 0 rings (SSSR count). The molecule has 0 saturated heterocycles. The van der Waals surface area contributed by atoms with Gasteiger partial charge in [0.15, 0.2) is 0 Å². The highest BCUT2D eigenvalue weighted by Gasteiger charge is 2.18. The molecule has 2 unspecified atom stereocenters. The Morgan fingerprint density at radius 3 is 1.30 bits per heavy atom. The molecule has 0 aliphatic rings. The van der Waals surface area contributed by atoms with E-state index in [1.54, 1.807) is 6.08 Å². The van der Waals surface area contributed by atoms with Gasteiger partial charge in [-0.2, -0.15) is 0 Å². The van der Waals surface area contributed by atoms with Crippen LogP contribution in [0.2, 0.25) is 0 Å². The first-order valence-corrected chi connectivity index (χ1v) is 25.9. The van der Waals surface area contributed by atoms with Gasteiger partial charge in [0, 0.05) is 12.8 Å². The Morgan fingerprint density at radius 1 is 0.467 bits per heavy atom. The predicted molar refractivity (Wildman–Crippen MR) is 259 cm³/mol. The molecule has 0 radical (unpaired) electrons. The molecule has 6 heteroatoms. The van der Waals surface area contributed by atoms with Crippen LogP contribution >= 0.6 is 0 Å². The first-order valence-electron chi connectivity index (χ1n) is 25.9. The molecule has 0 aliphatic carbocycles. The number of hydrogen-bond donors (Lipinski definition) is 3. The molecule has 0 bridgehead atoms. The number of rotatable bonds is 47. The Labute approximate surface area is 372 Å². The lowest BCUT2D eigenvalue weighted by Gasteiger charge is -2.20. The molecule has 3 N–H and O–H groups in total. The van der Waals surface area contributed by atoms with E-state index in [0.717, 1.165) is 77.0 Å². The number of esters is 1. The van der Waals surface area contributed by atoms with Crippen molar-refractivity contribution in [1.82, 2.24) is 5.32 Å². The van der Waals surface area contributed by atoms with Gasteiger partial charge < -0.3 is 20.3 Å². The van der Waals surface area contributed by atoms with Crippen molar-refractivity contribution in [3.05, 3.63) is 48.6 Å². The number of ether oxygens (including phenoxy) is 1. The van der Waals surface area contributed by atoms with E-state index in [9.17, 15) is 19.8 Å². The maximum Gasteiger partial charge on any atom is 0.305 e. The SMILES string of the molecule is CCCCCC/C=C\CCCCCCCC(=O)OCCCCC/C=C\C=C/CCCCCCCCCCCCC(=O)NC(CO)C(O)/C=C/CCCCCCCCCCC. The summed E-state index contributed by atoms with van der Waals surface area (Å²) in [5.74, 6) is -0.105. The van der Waals surface area contributed by atoms with Crippen LogP contribution < -0.4 is 5.32 Å². The van der Waals surface area contributed by atoms with Gasteiger partial charge in [0.05, 0.1) is 25.4 Å². The normalized spacial score (nSPS) is 13.1. The molecule has 0 aromatic carbocycles. The molecule has 6 nitrogen and oxygen atoms in total. The first-order chi connectivity index (χ1) is 29.5. The van der Waals surface area contributed by atoms with Crippen LogP contribution in [0.1, 0.15) is 258 Å². The number of carbonyl (C=O) groups excluding carboxylic acids is 2. The third-order valence-corrected chi connectivity index (χ3v) is 11.6. The second-order valence-electron chi connectivity index (χ2n) is 17.5. The Bertz CT molecular complexity index is 1020. The number of allylic oxidation sites excluding steroid dienone is 7. The van der Waals surface area contributed by atoms with Crippen molar-refractivity contribution in [3.63, 3.8) is 0 Å². The molecule has 2 atom stereocenters. The number of amides is 1. The van der Waals surface area contributed by atoms with E-state index < -0.39 is 12.1 Å². The summed E-state index contributed by atoms with van der Waals surface area (Å²) in [6.07, 6.45) is 61.2. The Morgan fingerprint density at radius 2 is 0.833 bits per heavy atom. The summed E-state index contributed by atoms with van der Waals surface area (Å²) in [5, 5.41) is 23.0. The van der Waals surface area contributed by atoms with E-state index in [2.05, 4.69) is 55.6 Å². The largest absolute Gasteiger partial charge is 0.466 e. The molecule has 0 aliphatic heterocycles. The minimum atomic E-state index is -0.850. The fourth-order valence-corrected chi connectivity index (χ4v) is 7.56. The highest BCUT2D eigenvalue weighted by molar-refractivity contribution is 5.76. The smallest absolute Gasteiger partial charge is 0.305 e. The minimum absolute atomic E-state index is 0.0245. The number of nitrogens with one attached hydrogen (secondary N) is 1. The highest BCUT2D eigenvalue weighted by Crippen LogP contribution is 2.14. The third-order valence-electron chi connectivity index (χ3n) is 11.6. The molecular formula is C54H99NO5. The average molecular weight is 842 g/mol. The van der Waals surface area contributed by atoms with E-state index in [-0.39, 0.29) is 18.5 Å². The van der Waals surface area contributed by atoms with Crippen molar-refractivity contribution < 1.29 is 24.5 Å². The monoisotopic (exact) mass is 842 g/mol. The lowest BCUT2D eigenvalue weighted by Crippen LogP contribution is -2.45. The van der Waals surface area contributed by atoms with Crippen molar-refractivity contribution in [2.75, 3.05) is 13.2 Å². The van der Waals surface area contributed by atoms with E-state index in [1.807, 2.05) is 6.08 Å². The Kier molecular flexibility index (Phi) is 47.7. The lowest BCUT2D eigenvalue weighted by atomic mass is 10.0. The molecular weight excluding hydrogens is 743 g/mol. The number of aliphatic hydroxyl groups excluding tert-OH is 2. The summed E-state index contributed by atoms with van der Waals surface area (Å²) in [4.78, 5) is 24.4. The van der Waals surface area contributed by atoms with Crippen molar-refractivity contribution in [3.8, 4) is 0 Å². The molecule has 0 spiro atoms.